The van der Waals surface area contributed by atoms with Gasteiger partial charge in [0.2, 0.25) is 12.7 Å². The Hall–Kier alpha value is -2.98. The molecule has 2 aromatic heterocycles. The van der Waals surface area contributed by atoms with E-state index in [2.05, 4.69) is 27.1 Å². The molecule has 1 aromatic carbocycles. The number of hydrogen-bond donors (Lipinski definition) is 2. The summed E-state index contributed by atoms with van der Waals surface area (Å²) in [7, 11) is 0. The number of amides is 1. The molecule has 0 radical (unpaired) electrons. The zero-order valence-corrected chi connectivity index (χ0v) is 17.1. The van der Waals surface area contributed by atoms with Gasteiger partial charge in [-0.25, -0.2) is 4.98 Å². The number of ether oxygens (including phenoxy) is 2. The van der Waals surface area contributed by atoms with Crippen LogP contribution in [0.2, 0.25) is 0 Å². The molecule has 0 atom stereocenters. The number of nitrogens with one attached hydrogen (secondary N) is 2. The van der Waals surface area contributed by atoms with Crippen molar-refractivity contribution in [2.75, 3.05) is 12.1 Å². The summed E-state index contributed by atoms with van der Waals surface area (Å²) >= 11 is 6.61. The van der Waals surface area contributed by atoms with Gasteiger partial charge >= 0.3 is 0 Å². The number of nitrogens with zero attached hydrogens (tertiary/aromatic N) is 3. The summed E-state index contributed by atoms with van der Waals surface area (Å²) in [6.45, 7) is 4.56. The number of aryl methyl sites for hydroxylation is 1. The van der Waals surface area contributed by atoms with Gasteiger partial charge in [0.25, 0.3) is 0 Å². The van der Waals surface area contributed by atoms with Gasteiger partial charge < -0.3 is 14.8 Å². The van der Waals surface area contributed by atoms with Crippen molar-refractivity contribution in [2.24, 2.45) is 0 Å². The number of benzene rings is 1. The molecular weight excluding hydrogens is 410 g/mol. The molecule has 1 aliphatic rings. The number of thiazole rings is 1. The molecule has 3 aromatic rings. The Morgan fingerprint density at radius 2 is 2.28 bits per heavy atom. The summed E-state index contributed by atoms with van der Waals surface area (Å²) in [4.78, 5) is 16.8. The van der Waals surface area contributed by atoms with Crippen molar-refractivity contribution in [3.63, 3.8) is 0 Å². The van der Waals surface area contributed by atoms with E-state index < -0.39 is 0 Å². The number of H-pyrrole nitrogens is 1. The largest absolute Gasteiger partial charge is 0.454 e. The molecule has 2 N–H and O–H groups in total. The van der Waals surface area contributed by atoms with Gasteiger partial charge in [-0.3, -0.25) is 14.5 Å². The van der Waals surface area contributed by atoms with E-state index in [0.717, 1.165) is 28.6 Å². The van der Waals surface area contributed by atoms with Crippen LogP contribution in [-0.2, 0) is 24.2 Å². The number of aromatic nitrogens is 4. The Morgan fingerprint density at radius 1 is 1.41 bits per heavy atom. The highest BCUT2D eigenvalue weighted by Crippen LogP contribution is 2.32. The maximum Gasteiger partial charge on any atom is 0.231 e. The first-order valence-electron chi connectivity index (χ1n) is 9.00. The molecule has 29 heavy (non-hydrogen) atoms. The lowest BCUT2D eigenvalue weighted by Crippen LogP contribution is -2.12. The quantitative estimate of drug-likeness (QED) is 0.421. The fourth-order valence-corrected chi connectivity index (χ4v) is 3.90. The van der Waals surface area contributed by atoms with E-state index in [0.29, 0.717) is 35.7 Å². The summed E-state index contributed by atoms with van der Waals surface area (Å²) < 4.78 is 13.1. The minimum absolute atomic E-state index is 0.0853. The van der Waals surface area contributed by atoms with Crippen LogP contribution in [0.5, 0.6) is 11.5 Å². The molecule has 0 bridgehead atoms. The molecule has 150 valence electrons. The normalized spacial score (nSPS) is 12.1. The van der Waals surface area contributed by atoms with E-state index in [4.69, 9.17) is 21.7 Å². The zero-order chi connectivity index (χ0) is 20.2. The number of allylic oxidation sites excluding steroid dienone is 1. The number of hydrogen-bond acceptors (Lipinski definition) is 7. The molecule has 1 amide bonds. The van der Waals surface area contributed by atoms with Crippen molar-refractivity contribution in [1.29, 1.82) is 0 Å². The highest BCUT2D eigenvalue weighted by Gasteiger charge is 2.14. The van der Waals surface area contributed by atoms with E-state index in [1.54, 1.807) is 6.08 Å². The minimum atomic E-state index is -0.0853. The zero-order valence-electron chi connectivity index (χ0n) is 15.5. The lowest BCUT2D eigenvalue weighted by molar-refractivity contribution is -0.116. The second kappa shape index (κ2) is 8.58. The lowest BCUT2D eigenvalue weighted by Gasteiger charge is -2.04. The van der Waals surface area contributed by atoms with Crippen LogP contribution < -0.4 is 14.8 Å². The topological polar surface area (TPSA) is 94.1 Å². The first kappa shape index (κ1) is 19.3. The number of fused-ring (bicyclic) bond motifs is 1. The van der Waals surface area contributed by atoms with Crippen molar-refractivity contribution in [1.82, 2.24) is 19.7 Å². The van der Waals surface area contributed by atoms with Crippen LogP contribution in [0, 0.1) is 4.77 Å². The lowest BCUT2D eigenvalue weighted by atomic mass is 10.1. The third kappa shape index (κ3) is 4.54. The second-order valence-corrected chi connectivity index (χ2v) is 7.65. The van der Waals surface area contributed by atoms with E-state index in [9.17, 15) is 4.79 Å². The molecule has 8 nitrogen and oxygen atoms in total. The molecule has 1 aliphatic heterocycles. The molecule has 0 spiro atoms. The van der Waals surface area contributed by atoms with Crippen molar-refractivity contribution < 1.29 is 14.3 Å². The minimum Gasteiger partial charge on any atom is -0.454 e. The highest BCUT2D eigenvalue weighted by atomic mass is 32.1. The predicted octanol–water partition coefficient (Wildman–Crippen LogP) is 3.47. The number of anilines is 1. The van der Waals surface area contributed by atoms with Crippen LogP contribution in [0.3, 0.4) is 0 Å². The molecule has 3 heterocycles. The maximum absolute atomic E-state index is 12.3. The van der Waals surface area contributed by atoms with Gasteiger partial charge in [-0.05, 0) is 36.3 Å². The van der Waals surface area contributed by atoms with Gasteiger partial charge in [-0.15, -0.1) is 17.9 Å². The molecular formula is C19H19N5O3S2. The van der Waals surface area contributed by atoms with E-state index in [-0.39, 0.29) is 12.7 Å². The van der Waals surface area contributed by atoms with Crippen LogP contribution in [0.15, 0.2) is 36.2 Å². The van der Waals surface area contributed by atoms with Crippen molar-refractivity contribution in [3.8, 4) is 11.5 Å². The van der Waals surface area contributed by atoms with Crippen molar-refractivity contribution >= 4 is 34.6 Å². The fourth-order valence-electron chi connectivity index (χ4n) is 2.95. The first-order valence-corrected chi connectivity index (χ1v) is 10.3. The van der Waals surface area contributed by atoms with Crippen LogP contribution in [0.25, 0.3) is 0 Å². The van der Waals surface area contributed by atoms with Gasteiger partial charge in [0.15, 0.2) is 21.4 Å². The van der Waals surface area contributed by atoms with Gasteiger partial charge in [0.1, 0.15) is 5.82 Å². The monoisotopic (exact) mass is 429 g/mol. The molecule has 0 saturated heterocycles. The number of rotatable bonds is 8. The molecule has 0 unspecified atom stereocenters. The molecule has 0 fully saturated rings. The average molecular weight is 430 g/mol. The number of aromatic amines is 1. The van der Waals surface area contributed by atoms with Gasteiger partial charge in [-0.1, -0.05) is 12.1 Å². The Morgan fingerprint density at radius 3 is 3.14 bits per heavy atom. The van der Waals surface area contributed by atoms with E-state index >= 15 is 0 Å². The summed E-state index contributed by atoms with van der Waals surface area (Å²) in [5, 5.41) is 12.4. The number of carbonyl (C=O) groups is 1. The Labute approximate surface area is 176 Å². The molecule has 0 aliphatic carbocycles. The second-order valence-electron chi connectivity index (χ2n) is 6.40. The van der Waals surface area contributed by atoms with E-state index in [1.165, 1.54) is 11.3 Å². The molecule has 10 heteroatoms. The van der Waals surface area contributed by atoms with Crippen LogP contribution in [-0.4, -0.2) is 32.4 Å². The summed E-state index contributed by atoms with van der Waals surface area (Å²) in [5.74, 6) is 2.16. The standard InChI is InChI=1S/C19H19N5O3S2/c1-2-7-24-16(22-23-19(24)28)9-13-10-29-18(20-13)21-17(25)6-4-12-3-5-14-15(8-12)27-11-26-14/h2-3,5,8,10H,1,4,6-7,9,11H2,(H,23,28)(H,20,21,25). The van der Waals surface area contributed by atoms with E-state index in [1.807, 2.05) is 28.1 Å². The van der Waals surface area contributed by atoms with Crippen molar-refractivity contribution in [3.05, 3.63) is 58.1 Å². The first-order chi connectivity index (χ1) is 14.1. The number of carbonyl (C=O) groups excluding carboxylic acids is 1. The summed E-state index contributed by atoms with van der Waals surface area (Å²) in [6, 6.07) is 5.72. The predicted molar refractivity (Wildman–Crippen MR) is 112 cm³/mol. The Bertz CT molecular complexity index is 1100. The SMILES string of the molecule is C=CCn1c(Cc2csc(NC(=O)CCc3ccc4c(c3)OCO4)n2)n[nH]c1=S. The van der Waals surface area contributed by atoms with Crippen LogP contribution in [0.4, 0.5) is 5.13 Å². The summed E-state index contributed by atoms with van der Waals surface area (Å²) in [5.41, 5.74) is 1.84. The van der Waals surface area contributed by atoms with Crippen LogP contribution in [0.1, 0.15) is 23.5 Å². The van der Waals surface area contributed by atoms with Gasteiger partial charge in [-0.2, -0.15) is 5.10 Å². The summed E-state index contributed by atoms with van der Waals surface area (Å²) in [6.07, 6.45) is 3.25. The maximum atomic E-state index is 12.3. The van der Waals surface area contributed by atoms with Gasteiger partial charge in [0, 0.05) is 18.3 Å². The van der Waals surface area contributed by atoms with Crippen LogP contribution >= 0.6 is 23.6 Å². The van der Waals surface area contributed by atoms with Gasteiger partial charge in [0.05, 0.1) is 12.1 Å². The Kier molecular flexibility index (Phi) is 5.72. The fraction of sp³-hybridized carbons (Fsp3) is 0.263. The average Bonchev–Trinajstić information content (AvgIpc) is 3.43. The smallest absolute Gasteiger partial charge is 0.231 e. The third-order valence-corrected chi connectivity index (χ3v) is 5.48. The third-order valence-electron chi connectivity index (χ3n) is 4.36. The van der Waals surface area contributed by atoms with Crippen molar-refractivity contribution in [2.45, 2.75) is 25.8 Å². The molecule has 4 rings (SSSR count). The Balaban J connectivity index is 1.32. The highest BCUT2D eigenvalue weighted by molar-refractivity contribution is 7.71. The molecule has 0 saturated carbocycles.